The van der Waals surface area contributed by atoms with E-state index in [2.05, 4.69) is 53.4 Å². The molecule has 2 saturated heterocycles. The molecule has 2 aliphatic heterocycles. The summed E-state index contributed by atoms with van der Waals surface area (Å²) >= 11 is 0. The van der Waals surface area contributed by atoms with Crippen molar-refractivity contribution in [2.24, 2.45) is 11.8 Å². The number of fused-ring (bicyclic) bond motifs is 2. The molecule has 3 unspecified atom stereocenters. The summed E-state index contributed by atoms with van der Waals surface area (Å²) in [5.74, 6) is 2.38. The van der Waals surface area contributed by atoms with Crippen LogP contribution in [0.2, 0.25) is 0 Å². The molecule has 21 heavy (non-hydrogen) atoms. The van der Waals surface area contributed by atoms with E-state index in [1.807, 2.05) is 6.07 Å². The second-order valence-electron chi connectivity index (χ2n) is 6.31. The molecule has 2 bridgehead atoms. The van der Waals surface area contributed by atoms with E-state index in [9.17, 15) is 0 Å². The maximum absolute atomic E-state index is 5.44. The molecule has 1 aromatic heterocycles. The van der Waals surface area contributed by atoms with E-state index in [4.69, 9.17) is 4.52 Å². The lowest BCUT2D eigenvalue weighted by Gasteiger charge is -2.18. The fourth-order valence-corrected chi connectivity index (χ4v) is 3.49. The summed E-state index contributed by atoms with van der Waals surface area (Å²) in [5, 5.41) is 4.17. The highest BCUT2D eigenvalue weighted by Gasteiger charge is 2.36. The van der Waals surface area contributed by atoms with Crippen molar-refractivity contribution in [2.45, 2.75) is 13.3 Å². The number of nitrogens with zero attached hydrogens (tertiary/aromatic N) is 2. The van der Waals surface area contributed by atoms with Gasteiger partial charge >= 0.3 is 0 Å². The van der Waals surface area contributed by atoms with Crippen LogP contribution in [-0.2, 0) is 0 Å². The van der Waals surface area contributed by atoms with E-state index in [0.29, 0.717) is 5.92 Å². The third kappa shape index (κ3) is 2.54. The van der Waals surface area contributed by atoms with Crippen molar-refractivity contribution in [1.29, 1.82) is 0 Å². The number of aromatic nitrogens is 1. The number of hydrogen-bond acceptors (Lipinski definition) is 3. The van der Waals surface area contributed by atoms with Crippen LogP contribution in [0.1, 0.15) is 17.7 Å². The van der Waals surface area contributed by atoms with Crippen LogP contribution in [0, 0.1) is 18.8 Å². The molecule has 0 aliphatic carbocycles. The Hall–Kier alpha value is -1.87. The van der Waals surface area contributed by atoms with E-state index in [0.717, 1.165) is 22.9 Å². The highest BCUT2D eigenvalue weighted by Crippen LogP contribution is 2.34. The Kier molecular flexibility index (Phi) is 3.15. The van der Waals surface area contributed by atoms with Gasteiger partial charge in [0.25, 0.3) is 0 Å². The van der Waals surface area contributed by atoms with Gasteiger partial charge in [0.15, 0.2) is 5.76 Å². The topological polar surface area (TPSA) is 29.3 Å². The molecule has 1 aromatic carbocycles. The summed E-state index contributed by atoms with van der Waals surface area (Å²) < 4.78 is 5.44. The van der Waals surface area contributed by atoms with Gasteiger partial charge in [-0.1, -0.05) is 41.1 Å². The first kappa shape index (κ1) is 12.8. The molecule has 3 nitrogen and oxygen atoms in total. The molecule has 108 valence electrons. The molecule has 0 radical (unpaired) electrons. The van der Waals surface area contributed by atoms with Gasteiger partial charge < -0.3 is 9.42 Å². The average molecular weight is 280 g/mol. The maximum Gasteiger partial charge on any atom is 0.159 e. The third-order valence-corrected chi connectivity index (χ3v) is 4.77. The molecule has 2 fully saturated rings. The van der Waals surface area contributed by atoms with E-state index in [1.54, 1.807) is 0 Å². The Morgan fingerprint density at radius 3 is 2.81 bits per heavy atom. The SMILES string of the molecule is Cc1ccc(-c2cc(C=CC3CN4CCC3C4)on2)cc1. The van der Waals surface area contributed by atoms with Crippen LogP contribution in [0.5, 0.6) is 0 Å². The lowest BCUT2D eigenvalue weighted by Crippen LogP contribution is -2.21. The zero-order valence-corrected chi connectivity index (χ0v) is 12.3. The van der Waals surface area contributed by atoms with Crippen molar-refractivity contribution in [3.05, 3.63) is 47.7 Å². The molecule has 2 aromatic rings. The first-order valence-corrected chi connectivity index (χ1v) is 7.72. The van der Waals surface area contributed by atoms with Gasteiger partial charge in [0.1, 0.15) is 5.69 Å². The lowest BCUT2D eigenvalue weighted by molar-refractivity contribution is 0.334. The van der Waals surface area contributed by atoms with Gasteiger partial charge in [-0.15, -0.1) is 0 Å². The minimum absolute atomic E-state index is 0.687. The fourth-order valence-electron chi connectivity index (χ4n) is 3.49. The minimum atomic E-state index is 0.687. The van der Waals surface area contributed by atoms with Crippen LogP contribution >= 0.6 is 0 Å². The number of benzene rings is 1. The number of aryl methyl sites for hydroxylation is 1. The standard InChI is InChI=1S/C18H20N2O/c1-13-2-4-14(5-3-13)18-10-17(21-19-18)7-6-15-11-20-9-8-16(15)12-20/h2-7,10,15-16H,8-9,11-12H2,1H3. The molecular weight excluding hydrogens is 260 g/mol. The molecular formula is C18H20N2O. The summed E-state index contributed by atoms with van der Waals surface area (Å²) in [7, 11) is 0. The minimum Gasteiger partial charge on any atom is -0.356 e. The smallest absolute Gasteiger partial charge is 0.159 e. The van der Waals surface area contributed by atoms with Crippen LogP contribution in [-0.4, -0.2) is 29.7 Å². The summed E-state index contributed by atoms with van der Waals surface area (Å²) in [5.41, 5.74) is 3.27. The van der Waals surface area contributed by atoms with E-state index in [-0.39, 0.29) is 0 Å². The second kappa shape index (κ2) is 5.15. The van der Waals surface area contributed by atoms with Crippen molar-refractivity contribution >= 4 is 6.08 Å². The third-order valence-electron chi connectivity index (χ3n) is 4.77. The predicted octanol–water partition coefficient (Wildman–Crippen LogP) is 3.61. The van der Waals surface area contributed by atoms with Gasteiger partial charge in [-0.25, -0.2) is 0 Å². The van der Waals surface area contributed by atoms with E-state index >= 15 is 0 Å². The molecule has 0 saturated carbocycles. The van der Waals surface area contributed by atoms with Crippen molar-refractivity contribution in [3.8, 4) is 11.3 Å². The van der Waals surface area contributed by atoms with Crippen molar-refractivity contribution < 1.29 is 4.52 Å². The first-order chi connectivity index (χ1) is 10.3. The average Bonchev–Trinajstić information content (AvgIpc) is 3.22. The lowest BCUT2D eigenvalue weighted by atomic mass is 9.92. The normalized spacial score (nSPS) is 27.8. The van der Waals surface area contributed by atoms with Crippen LogP contribution < -0.4 is 0 Å². The summed E-state index contributed by atoms with van der Waals surface area (Å²) in [4.78, 5) is 2.55. The van der Waals surface area contributed by atoms with Gasteiger partial charge in [-0.2, -0.15) is 0 Å². The Morgan fingerprint density at radius 2 is 2.10 bits per heavy atom. The molecule has 3 heteroatoms. The quantitative estimate of drug-likeness (QED) is 0.860. The highest BCUT2D eigenvalue weighted by molar-refractivity contribution is 5.61. The zero-order valence-electron chi connectivity index (χ0n) is 12.3. The summed E-state index contributed by atoms with van der Waals surface area (Å²) in [6, 6.07) is 10.4. The van der Waals surface area contributed by atoms with Crippen LogP contribution in [0.15, 0.2) is 40.9 Å². The Bertz CT molecular complexity index is 656. The number of hydrogen-bond donors (Lipinski definition) is 0. The van der Waals surface area contributed by atoms with Crippen molar-refractivity contribution in [1.82, 2.24) is 10.1 Å². The fraction of sp³-hybridized carbons (Fsp3) is 0.389. The second-order valence-corrected chi connectivity index (χ2v) is 6.31. The summed E-state index contributed by atoms with van der Waals surface area (Å²) in [6.45, 7) is 5.86. The van der Waals surface area contributed by atoms with Gasteiger partial charge in [0.2, 0.25) is 0 Å². The van der Waals surface area contributed by atoms with Gasteiger partial charge in [-0.05, 0) is 37.8 Å². The van der Waals surface area contributed by atoms with Gasteiger partial charge in [-0.3, -0.25) is 0 Å². The Balaban J connectivity index is 1.48. The molecule has 0 N–H and O–H groups in total. The van der Waals surface area contributed by atoms with E-state index < -0.39 is 0 Å². The molecule has 0 spiro atoms. The zero-order chi connectivity index (χ0) is 14.2. The van der Waals surface area contributed by atoms with E-state index in [1.165, 1.54) is 31.6 Å². The van der Waals surface area contributed by atoms with Gasteiger partial charge in [0.05, 0.1) is 0 Å². The highest BCUT2D eigenvalue weighted by atomic mass is 16.5. The maximum atomic E-state index is 5.44. The predicted molar refractivity (Wildman–Crippen MR) is 83.7 cm³/mol. The molecule has 3 heterocycles. The summed E-state index contributed by atoms with van der Waals surface area (Å²) in [6.07, 6.45) is 5.75. The molecule has 3 atom stereocenters. The molecule has 0 amide bonds. The Morgan fingerprint density at radius 1 is 1.24 bits per heavy atom. The van der Waals surface area contributed by atoms with Crippen LogP contribution in [0.3, 0.4) is 0 Å². The number of piperidine rings is 1. The Labute approximate surface area is 125 Å². The van der Waals surface area contributed by atoms with Crippen molar-refractivity contribution in [3.63, 3.8) is 0 Å². The molecule has 2 aliphatic rings. The number of rotatable bonds is 3. The van der Waals surface area contributed by atoms with Crippen LogP contribution in [0.25, 0.3) is 17.3 Å². The molecule has 4 rings (SSSR count). The van der Waals surface area contributed by atoms with Crippen LogP contribution in [0.4, 0.5) is 0 Å². The van der Waals surface area contributed by atoms with Crippen molar-refractivity contribution in [2.75, 3.05) is 19.6 Å². The van der Waals surface area contributed by atoms with Gasteiger partial charge in [0, 0.05) is 24.7 Å². The monoisotopic (exact) mass is 280 g/mol. The first-order valence-electron chi connectivity index (χ1n) is 7.72. The largest absolute Gasteiger partial charge is 0.356 e.